The molecule has 3 rings (SSSR count). The van der Waals surface area contributed by atoms with Gasteiger partial charge in [0.05, 0.1) is 24.8 Å². The standard InChI is InChI=1S/C24H30N4O4/c1-24(2,3)21(23(32)25-13-17(30)15-29)26-22(31)20-18-11-7-8-12-19(18)28(27-20)14-16-9-5-4-6-10-16/h4-12,17,21,29-30H,13-15H2,1-3H3,(H,25,32)(H,26,31)/t17-,21-/m1/s1. The van der Waals surface area contributed by atoms with Gasteiger partial charge >= 0.3 is 0 Å². The zero-order valence-corrected chi connectivity index (χ0v) is 18.6. The van der Waals surface area contributed by atoms with Crippen molar-refractivity contribution >= 4 is 22.7 Å². The number of nitrogens with zero attached hydrogens (tertiary/aromatic N) is 2. The molecule has 2 aromatic carbocycles. The molecule has 0 unspecified atom stereocenters. The summed E-state index contributed by atoms with van der Waals surface area (Å²) in [4.78, 5) is 26.0. The first-order valence-corrected chi connectivity index (χ1v) is 10.6. The van der Waals surface area contributed by atoms with Crippen molar-refractivity contribution in [2.75, 3.05) is 13.2 Å². The zero-order chi connectivity index (χ0) is 23.3. The number of amides is 2. The Morgan fingerprint density at radius 1 is 1.06 bits per heavy atom. The van der Waals surface area contributed by atoms with Gasteiger partial charge in [-0.1, -0.05) is 69.3 Å². The molecule has 8 heteroatoms. The Bertz CT molecular complexity index is 1070. The lowest BCUT2D eigenvalue weighted by atomic mass is 9.86. The van der Waals surface area contributed by atoms with E-state index >= 15 is 0 Å². The molecule has 2 amide bonds. The summed E-state index contributed by atoms with van der Waals surface area (Å²) in [5.74, 6) is -0.892. The van der Waals surface area contributed by atoms with E-state index in [0.717, 1.165) is 11.1 Å². The maximum Gasteiger partial charge on any atom is 0.273 e. The highest BCUT2D eigenvalue weighted by Gasteiger charge is 2.34. The molecule has 1 heterocycles. The maximum atomic E-state index is 13.2. The van der Waals surface area contributed by atoms with E-state index in [-0.39, 0.29) is 12.2 Å². The molecule has 170 valence electrons. The fourth-order valence-corrected chi connectivity index (χ4v) is 3.43. The largest absolute Gasteiger partial charge is 0.394 e. The smallest absolute Gasteiger partial charge is 0.273 e. The third kappa shape index (κ3) is 5.52. The molecular formula is C24H30N4O4. The number of carbonyl (C=O) groups is 2. The number of para-hydroxylation sites is 1. The van der Waals surface area contributed by atoms with Crippen LogP contribution in [-0.4, -0.2) is 57.1 Å². The summed E-state index contributed by atoms with van der Waals surface area (Å²) in [5.41, 5.74) is 1.53. The lowest BCUT2D eigenvalue weighted by Gasteiger charge is -2.30. The van der Waals surface area contributed by atoms with Crippen LogP contribution >= 0.6 is 0 Å². The van der Waals surface area contributed by atoms with E-state index in [0.29, 0.717) is 11.9 Å². The highest BCUT2D eigenvalue weighted by molar-refractivity contribution is 6.06. The molecule has 0 saturated carbocycles. The van der Waals surface area contributed by atoms with Crippen molar-refractivity contribution in [1.29, 1.82) is 0 Å². The number of rotatable bonds is 8. The van der Waals surface area contributed by atoms with Gasteiger partial charge < -0.3 is 20.8 Å². The number of hydrogen-bond acceptors (Lipinski definition) is 5. The topological polar surface area (TPSA) is 116 Å². The summed E-state index contributed by atoms with van der Waals surface area (Å²) in [6, 6.07) is 16.5. The maximum absolute atomic E-state index is 13.2. The summed E-state index contributed by atoms with van der Waals surface area (Å²) < 4.78 is 1.78. The molecule has 0 aliphatic rings. The Morgan fingerprint density at radius 3 is 2.38 bits per heavy atom. The third-order valence-electron chi connectivity index (χ3n) is 5.17. The zero-order valence-electron chi connectivity index (χ0n) is 18.6. The predicted octanol–water partition coefficient (Wildman–Crippen LogP) is 1.70. The van der Waals surface area contributed by atoms with Gasteiger partial charge in [-0.2, -0.15) is 5.10 Å². The molecular weight excluding hydrogens is 408 g/mol. The quantitative estimate of drug-likeness (QED) is 0.427. The summed E-state index contributed by atoms with van der Waals surface area (Å²) >= 11 is 0. The Hall–Kier alpha value is -3.23. The van der Waals surface area contributed by atoms with Crippen LogP contribution in [0, 0.1) is 5.41 Å². The molecule has 0 saturated heterocycles. The van der Waals surface area contributed by atoms with Crippen molar-refractivity contribution in [3.05, 3.63) is 65.9 Å². The molecule has 32 heavy (non-hydrogen) atoms. The molecule has 1 aromatic heterocycles. The minimum Gasteiger partial charge on any atom is -0.394 e. The number of fused-ring (bicyclic) bond motifs is 1. The summed E-state index contributed by atoms with van der Waals surface area (Å²) in [6.45, 7) is 5.46. The number of hydrogen-bond donors (Lipinski definition) is 4. The molecule has 0 aliphatic heterocycles. The SMILES string of the molecule is CC(C)(C)[C@H](NC(=O)c1nn(Cc2ccccc2)c2ccccc12)C(=O)NC[C@@H](O)CO. The Kier molecular flexibility index (Phi) is 7.27. The van der Waals surface area contributed by atoms with Crippen LogP contribution in [0.1, 0.15) is 36.8 Å². The molecule has 0 fully saturated rings. The van der Waals surface area contributed by atoms with Crippen LogP contribution < -0.4 is 10.6 Å². The minimum atomic E-state index is -1.06. The van der Waals surface area contributed by atoms with E-state index in [4.69, 9.17) is 5.11 Å². The van der Waals surface area contributed by atoms with E-state index in [1.807, 2.05) is 75.4 Å². The summed E-state index contributed by atoms with van der Waals surface area (Å²) in [6.07, 6.45) is -1.06. The van der Waals surface area contributed by atoms with Gasteiger partial charge in [-0.15, -0.1) is 0 Å². The average Bonchev–Trinajstić information content (AvgIpc) is 3.14. The number of nitrogens with one attached hydrogen (secondary N) is 2. The molecule has 0 aliphatic carbocycles. The highest BCUT2D eigenvalue weighted by atomic mass is 16.3. The molecule has 4 N–H and O–H groups in total. The van der Waals surface area contributed by atoms with Crippen molar-refractivity contribution in [3.63, 3.8) is 0 Å². The van der Waals surface area contributed by atoms with Crippen molar-refractivity contribution in [1.82, 2.24) is 20.4 Å². The second-order valence-electron chi connectivity index (χ2n) is 8.86. The van der Waals surface area contributed by atoms with Crippen LogP contribution in [-0.2, 0) is 11.3 Å². The lowest BCUT2D eigenvalue weighted by molar-refractivity contribution is -0.125. The second kappa shape index (κ2) is 9.93. The first-order valence-electron chi connectivity index (χ1n) is 10.6. The van der Waals surface area contributed by atoms with E-state index in [9.17, 15) is 14.7 Å². The number of carbonyl (C=O) groups excluding carboxylic acids is 2. The van der Waals surface area contributed by atoms with Crippen molar-refractivity contribution in [2.24, 2.45) is 5.41 Å². The van der Waals surface area contributed by atoms with E-state index in [1.165, 1.54) is 0 Å². The van der Waals surface area contributed by atoms with Crippen molar-refractivity contribution in [2.45, 2.75) is 39.5 Å². The first-order chi connectivity index (χ1) is 15.2. The molecule has 0 spiro atoms. The van der Waals surface area contributed by atoms with Gasteiger partial charge in [0.15, 0.2) is 5.69 Å². The molecule has 3 aromatic rings. The molecule has 2 atom stereocenters. The molecule has 0 radical (unpaired) electrons. The van der Waals surface area contributed by atoms with Gasteiger partial charge in [0, 0.05) is 11.9 Å². The van der Waals surface area contributed by atoms with Crippen LogP contribution in [0.25, 0.3) is 10.9 Å². The van der Waals surface area contributed by atoms with Gasteiger partial charge in [-0.25, -0.2) is 0 Å². The Morgan fingerprint density at radius 2 is 1.72 bits per heavy atom. The summed E-state index contributed by atoms with van der Waals surface area (Å²) in [7, 11) is 0. The number of benzene rings is 2. The van der Waals surface area contributed by atoms with E-state index < -0.39 is 36.0 Å². The fourth-order valence-electron chi connectivity index (χ4n) is 3.43. The lowest BCUT2D eigenvalue weighted by Crippen LogP contribution is -2.54. The molecule has 8 nitrogen and oxygen atoms in total. The monoisotopic (exact) mass is 438 g/mol. The Balaban J connectivity index is 1.87. The molecule has 0 bridgehead atoms. The fraction of sp³-hybridized carbons (Fsp3) is 0.375. The normalized spacial score (nSPS) is 13.5. The van der Waals surface area contributed by atoms with Gasteiger partial charge in [0.25, 0.3) is 5.91 Å². The van der Waals surface area contributed by atoms with E-state index in [1.54, 1.807) is 4.68 Å². The van der Waals surface area contributed by atoms with Crippen molar-refractivity contribution < 1.29 is 19.8 Å². The Labute approximate surface area is 187 Å². The van der Waals surface area contributed by atoms with Gasteiger partial charge in [-0.3, -0.25) is 14.3 Å². The number of aliphatic hydroxyl groups excluding tert-OH is 2. The number of aromatic nitrogens is 2. The second-order valence-corrected chi connectivity index (χ2v) is 8.86. The van der Waals surface area contributed by atoms with Gasteiger partial charge in [0.1, 0.15) is 6.04 Å². The van der Waals surface area contributed by atoms with Crippen LogP contribution in [0.5, 0.6) is 0 Å². The van der Waals surface area contributed by atoms with Crippen LogP contribution in [0.2, 0.25) is 0 Å². The first kappa shape index (κ1) is 23.4. The third-order valence-corrected chi connectivity index (χ3v) is 5.17. The predicted molar refractivity (Wildman–Crippen MR) is 122 cm³/mol. The highest BCUT2D eigenvalue weighted by Crippen LogP contribution is 2.23. The van der Waals surface area contributed by atoms with E-state index in [2.05, 4.69) is 15.7 Å². The van der Waals surface area contributed by atoms with Gasteiger partial charge in [0.2, 0.25) is 5.91 Å². The summed E-state index contributed by atoms with van der Waals surface area (Å²) in [5, 5.41) is 29.2. The average molecular weight is 439 g/mol. The van der Waals surface area contributed by atoms with Crippen molar-refractivity contribution in [3.8, 4) is 0 Å². The van der Waals surface area contributed by atoms with Gasteiger partial charge in [-0.05, 0) is 17.0 Å². The minimum absolute atomic E-state index is 0.105. The van der Waals surface area contributed by atoms with Crippen LogP contribution in [0.3, 0.4) is 0 Å². The van der Waals surface area contributed by atoms with Crippen LogP contribution in [0.4, 0.5) is 0 Å². The van der Waals surface area contributed by atoms with Crippen LogP contribution in [0.15, 0.2) is 54.6 Å². The number of aliphatic hydroxyl groups is 2.